The maximum Gasteiger partial charge on any atom is 0.274 e. The third-order valence-corrected chi connectivity index (χ3v) is 4.80. The molecule has 0 unspecified atom stereocenters. The number of hydrogen-bond acceptors (Lipinski definition) is 5. The van der Waals surface area contributed by atoms with Crippen molar-refractivity contribution in [2.45, 2.75) is 26.3 Å². The summed E-state index contributed by atoms with van der Waals surface area (Å²) in [6.07, 6.45) is 1.83. The lowest BCUT2D eigenvalue weighted by atomic mass is 10.2. The van der Waals surface area contributed by atoms with Crippen molar-refractivity contribution >= 4 is 11.6 Å². The summed E-state index contributed by atoms with van der Waals surface area (Å²) in [5.74, 6) is 0.710. The standard InChI is InChI=1S/C20H26N4O3/c1-3-4-11-24-19(25)10-9-16(21-24)20(26)23-14-12-22(13-15-23)17-7-5-6-8-18(17)27-2/h5-10H,3-4,11-15H2,1-2H3. The molecule has 27 heavy (non-hydrogen) atoms. The van der Waals surface area contributed by atoms with E-state index in [0.29, 0.717) is 25.3 Å². The lowest BCUT2D eigenvalue weighted by Gasteiger charge is -2.36. The van der Waals surface area contributed by atoms with Gasteiger partial charge in [0, 0.05) is 38.8 Å². The third-order valence-electron chi connectivity index (χ3n) is 4.80. The molecule has 1 aromatic heterocycles. The molecule has 144 valence electrons. The van der Waals surface area contributed by atoms with E-state index in [-0.39, 0.29) is 11.5 Å². The van der Waals surface area contributed by atoms with Crippen LogP contribution >= 0.6 is 0 Å². The number of methoxy groups -OCH3 is 1. The first-order valence-corrected chi connectivity index (χ1v) is 9.39. The van der Waals surface area contributed by atoms with Crippen LogP contribution in [0.3, 0.4) is 0 Å². The first-order valence-electron chi connectivity index (χ1n) is 9.39. The molecule has 1 amide bonds. The summed E-state index contributed by atoms with van der Waals surface area (Å²) in [4.78, 5) is 28.7. The minimum absolute atomic E-state index is 0.125. The number of unbranched alkanes of at least 4 members (excludes halogenated alkanes) is 1. The van der Waals surface area contributed by atoms with Crippen LogP contribution in [-0.4, -0.2) is 53.9 Å². The molecule has 2 heterocycles. The molecule has 0 bridgehead atoms. The molecular weight excluding hydrogens is 344 g/mol. The predicted molar refractivity (Wildman–Crippen MR) is 105 cm³/mol. The van der Waals surface area contributed by atoms with Gasteiger partial charge >= 0.3 is 0 Å². The fraction of sp³-hybridized carbons (Fsp3) is 0.450. The van der Waals surface area contributed by atoms with E-state index in [9.17, 15) is 9.59 Å². The number of anilines is 1. The number of hydrogen-bond donors (Lipinski definition) is 0. The third kappa shape index (κ3) is 4.30. The average Bonchev–Trinajstić information content (AvgIpc) is 2.72. The quantitative estimate of drug-likeness (QED) is 0.778. The van der Waals surface area contributed by atoms with E-state index in [2.05, 4.69) is 16.9 Å². The molecule has 3 rings (SSSR count). The summed E-state index contributed by atoms with van der Waals surface area (Å²) in [5.41, 5.74) is 1.20. The summed E-state index contributed by atoms with van der Waals surface area (Å²) in [6, 6.07) is 10.9. The van der Waals surface area contributed by atoms with E-state index in [1.54, 1.807) is 12.0 Å². The second-order valence-electron chi connectivity index (χ2n) is 6.58. The molecule has 0 radical (unpaired) electrons. The average molecular weight is 370 g/mol. The zero-order valence-corrected chi connectivity index (χ0v) is 15.9. The van der Waals surface area contributed by atoms with E-state index in [1.165, 1.54) is 16.8 Å². The van der Waals surface area contributed by atoms with Gasteiger partial charge in [0.2, 0.25) is 0 Å². The number of aromatic nitrogens is 2. The second kappa shape index (κ2) is 8.70. The number of rotatable bonds is 6. The van der Waals surface area contributed by atoms with Crippen molar-refractivity contribution in [2.75, 3.05) is 38.2 Å². The SMILES string of the molecule is CCCCn1nc(C(=O)N2CCN(c3ccccc3OC)CC2)ccc1=O. The van der Waals surface area contributed by atoms with E-state index in [4.69, 9.17) is 4.74 Å². The monoisotopic (exact) mass is 370 g/mol. The lowest BCUT2D eigenvalue weighted by Crippen LogP contribution is -2.49. The Bertz CT molecular complexity index is 841. The van der Waals surface area contributed by atoms with Gasteiger partial charge in [0.05, 0.1) is 12.8 Å². The number of carbonyl (C=O) groups is 1. The fourth-order valence-electron chi connectivity index (χ4n) is 3.23. The Hall–Kier alpha value is -2.83. The normalized spacial score (nSPS) is 14.3. The van der Waals surface area contributed by atoms with E-state index >= 15 is 0 Å². The summed E-state index contributed by atoms with van der Waals surface area (Å²) < 4.78 is 6.82. The Kier molecular flexibility index (Phi) is 6.11. The van der Waals surface area contributed by atoms with Gasteiger partial charge in [-0.25, -0.2) is 4.68 Å². The molecule has 1 saturated heterocycles. The first-order chi connectivity index (χ1) is 13.1. The highest BCUT2D eigenvalue weighted by atomic mass is 16.5. The second-order valence-corrected chi connectivity index (χ2v) is 6.58. The van der Waals surface area contributed by atoms with E-state index < -0.39 is 0 Å². The molecule has 1 aliphatic rings. The number of piperazine rings is 1. The number of ether oxygens (including phenoxy) is 1. The molecule has 0 N–H and O–H groups in total. The van der Waals surface area contributed by atoms with Gasteiger partial charge in [-0.15, -0.1) is 0 Å². The van der Waals surface area contributed by atoms with Crippen LogP contribution in [0.4, 0.5) is 5.69 Å². The van der Waals surface area contributed by atoms with Crippen molar-refractivity contribution in [2.24, 2.45) is 0 Å². The number of amides is 1. The van der Waals surface area contributed by atoms with Crippen LogP contribution in [-0.2, 0) is 6.54 Å². The zero-order chi connectivity index (χ0) is 19.2. The molecule has 1 fully saturated rings. The molecule has 0 saturated carbocycles. The van der Waals surface area contributed by atoms with Crippen molar-refractivity contribution in [3.63, 3.8) is 0 Å². The van der Waals surface area contributed by atoms with Crippen LogP contribution in [0.1, 0.15) is 30.3 Å². The van der Waals surface area contributed by atoms with Gasteiger partial charge in [0.25, 0.3) is 11.5 Å². The number of aryl methyl sites for hydroxylation is 1. The Labute approximate surface area is 159 Å². The fourth-order valence-corrected chi connectivity index (χ4v) is 3.23. The van der Waals surface area contributed by atoms with E-state index in [1.807, 2.05) is 24.3 Å². The summed E-state index contributed by atoms with van der Waals surface area (Å²) in [6.45, 7) is 5.25. The molecular formula is C20H26N4O3. The van der Waals surface area contributed by atoms with Crippen LogP contribution in [0, 0.1) is 0 Å². The van der Waals surface area contributed by atoms with Crippen LogP contribution in [0.25, 0.3) is 0 Å². The Morgan fingerprint density at radius 3 is 2.56 bits per heavy atom. The van der Waals surface area contributed by atoms with Crippen molar-refractivity contribution in [1.29, 1.82) is 0 Å². The highest BCUT2D eigenvalue weighted by Gasteiger charge is 2.24. The molecule has 0 atom stereocenters. The van der Waals surface area contributed by atoms with Crippen LogP contribution < -0.4 is 15.2 Å². The Morgan fingerprint density at radius 2 is 1.85 bits per heavy atom. The van der Waals surface area contributed by atoms with Crippen LogP contribution in [0.2, 0.25) is 0 Å². The largest absolute Gasteiger partial charge is 0.495 e. The van der Waals surface area contributed by atoms with Gasteiger partial charge in [-0.1, -0.05) is 25.5 Å². The smallest absolute Gasteiger partial charge is 0.274 e. The van der Waals surface area contributed by atoms with E-state index in [0.717, 1.165) is 37.4 Å². The lowest BCUT2D eigenvalue weighted by molar-refractivity contribution is 0.0737. The first kappa shape index (κ1) is 18.9. The van der Waals surface area contributed by atoms with Gasteiger partial charge in [-0.05, 0) is 24.6 Å². The van der Waals surface area contributed by atoms with Gasteiger partial charge in [0.1, 0.15) is 11.4 Å². The maximum atomic E-state index is 12.8. The molecule has 0 aliphatic carbocycles. The molecule has 0 spiro atoms. The minimum atomic E-state index is -0.166. The number of para-hydroxylation sites is 2. The summed E-state index contributed by atoms with van der Waals surface area (Å²) in [7, 11) is 1.66. The highest BCUT2D eigenvalue weighted by molar-refractivity contribution is 5.92. The summed E-state index contributed by atoms with van der Waals surface area (Å²) >= 11 is 0. The molecule has 1 aromatic carbocycles. The predicted octanol–water partition coefficient (Wildman–Crippen LogP) is 2.01. The number of nitrogens with zero attached hydrogens (tertiary/aromatic N) is 4. The molecule has 1 aliphatic heterocycles. The van der Waals surface area contributed by atoms with Gasteiger partial charge < -0.3 is 14.5 Å². The molecule has 7 nitrogen and oxygen atoms in total. The number of carbonyl (C=O) groups excluding carboxylic acids is 1. The Morgan fingerprint density at radius 1 is 1.11 bits per heavy atom. The van der Waals surface area contributed by atoms with Crippen molar-refractivity contribution in [1.82, 2.24) is 14.7 Å². The van der Waals surface area contributed by atoms with Crippen molar-refractivity contribution in [3.8, 4) is 5.75 Å². The zero-order valence-electron chi connectivity index (χ0n) is 15.9. The molecule has 2 aromatic rings. The Balaban J connectivity index is 1.67. The van der Waals surface area contributed by atoms with Crippen LogP contribution in [0.15, 0.2) is 41.2 Å². The van der Waals surface area contributed by atoms with Crippen LogP contribution in [0.5, 0.6) is 5.75 Å². The number of benzene rings is 1. The summed E-state index contributed by atoms with van der Waals surface area (Å²) in [5, 5.41) is 4.27. The highest BCUT2D eigenvalue weighted by Crippen LogP contribution is 2.28. The van der Waals surface area contributed by atoms with Gasteiger partial charge in [-0.2, -0.15) is 5.10 Å². The minimum Gasteiger partial charge on any atom is -0.495 e. The molecule has 7 heteroatoms. The van der Waals surface area contributed by atoms with Crippen molar-refractivity contribution < 1.29 is 9.53 Å². The van der Waals surface area contributed by atoms with Gasteiger partial charge in [0.15, 0.2) is 0 Å². The van der Waals surface area contributed by atoms with Gasteiger partial charge in [-0.3, -0.25) is 9.59 Å². The maximum absolute atomic E-state index is 12.8. The topological polar surface area (TPSA) is 67.7 Å². The van der Waals surface area contributed by atoms with Crippen molar-refractivity contribution in [3.05, 3.63) is 52.4 Å².